The van der Waals surface area contributed by atoms with E-state index < -0.39 is 5.91 Å². The van der Waals surface area contributed by atoms with Gasteiger partial charge in [-0.3, -0.25) is 14.0 Å². The Morgan fingerprint density at radius 1 is 1.14 bits per heavy atom. The smallest absolute Gasteiger partial charge is 0.257 e. The minimum Gasteiger partial charge on any atom is -0.322 e. The van der Waals surface area contributed by atoms with Crippen LogP contribution in [0.15, 0.2) is 71.0 Å². The lowest BCUT2D eigenvalue weighted by atomic mass is 10.1. The molecular formula is C21H13FN4O2S. The summed E-state index contributed by atoms with van der Waals surface area (Å²) >= 11 is 1.42. The quantitative estimate of drug-likeness (QED) is 0.471. The molecule has 6 nitrogen and oxygen atoms in total. The molecule has 3 heterocycles. The van der Waals surface area contributed by atoms with Crippen molar-refractivity contribution in [3.05, 3.63) is 87.9 Å². The van der Waals surface area contributed by atoms with Crippen LogP contribution in [0.1, 0.15) is 10.4 Å². The van der Waals surface area contributed by atoms with E-state index in [0.717, 1.165) is 0 Å². The summed E-state index contributed by atoms with van der Waals surface area (Å²) in [5, 5.41) is 5.38. The number of hydrogen-bond donors (Lipinski definition) is 2. The number of carbonyl (C=O) groups is 1. The highest BCUT2D eigenvalue weighted by atomic mass is 32.1. The first-order valence-electron chi connectivity index (χ1n) is 8.75. The van der Waals surface area contributed by atoms with Crippen molar-refractivity contribution in [2.75, 3.05) is 5.32 Å². The van der Waals surface area contributed by atoms with Crippen LogP contribution in [-0.2, 0) is 0 Å². The molecule has 2 N–H and O–H groups in total. The Labute approximate surface area is 167 Å². The van der Waals surface area contributed by atoms with E-state index in [9.17, 15) is 14.0 Å². The van der Waals surface area contributed by atoms with Crippen LogP contribution in [0.5, 0.6) is 0 Å². The first-order chi connectivity index (χ1) is 14.1. The van der Waals surface area contributed by atoms with Gasteiger partial charge in [-0.05, 0) is 30.3 Å². The van der Waals surface area contributed by atoms with E-state index in [-0.39, 0.29) is 16.9 Å². The van der Waals surface area contributed by atoms with Gasteiger partial charge in [0.2, 0.25) is 5.56 Å². The van der Waals surface area contributed by atoms with Gasteiger partial charge in [0.05, 0.1) is 5.56 Å². The molecule has 0 aliphatic carbocycles. The molecule has 0 radical (unpaired) electrons. The SMILES string of the molecule is O=C(Nc1c(-c2ccc(F)cc2)nc2sccn12)c1cc(=O)[nH]c2ccccc12. The van der Waals surface area contributed by atoms with Crippen molar-refractivity contribution in [1.82, 2.24) is 14.4 Å². The fourth-order valence-electron chi connectivity index (χ4n) is 3.28. The number of benzene rings is 2. The topological polar surface area (TPSA) is 79.3 Å². The van der Waals surface area contributed by atoms with E-state index in [2.05, 4.69) is 15.3 Å². The molecule has 0 aliphatic heterocycles. The molecule has 29 heavy (non-hydrogen) atoms. The standard InChI is InChI=1S/C21H13FN4O2S/c22-13-7-5-12(6-8-13)18-19(26-9-10-29-21(26)24-18)25-20(28)15-11-17(27)23-16-4-2-1-3-14(15)16/h1-11H,(H,23,27)(H,25,28). The van der Waals surface area contributed by atoms with Crippen LogP contribution in [0.3, 0.4) is 0 Å². The Morgan fingerprint density at radius 2 is 1.93 bits per heavy atom. The zero-order valence-electron chi connectivity index (χ0n) is 14.8. The molecule has 3 aromatic heterocycles. The summed E-state index contributed by atoms with van der Waals surface area (Å²) in [7, 11) is 0. The van der Waals surface area contributed by atoms with Crippen LogP contribution in [0.4, 0.5) is 10.2 Å². The summed E-state index contributed by atoms with van der Waals surface area (Å²) in [5.41, 5.74) is 1.69. The average Bonchev–Trinajstić information content (AvgIpc) is 3.30. The van der Waals surface area contributed by atoms with Crippen molar-refractivity contribution < 1.29 is 9.18 Å². The number of para-hydroxylation sites is 1. The number of thiazole rings is 1. The van der Waals surface area contributed by atoms with Gasteiger partial charge in [-0.1, -0.05) is 18.2 Å². The molecule has 0 spiro atoms. The second-order valence-electron chi connectivity index (χ2n) is 6.42. The maximum absolute atomic E-state index is 13.3. The molecular weight excluding hydrogens is 391 g/mol. The first kappa shape index (κ1) is 17.3. The van der Waals surface area contributed by atoms with Crippen LogP contribution in [0.25, 0.3) is 27.1 Å². The molecule has 0 atom stereocenters. The van der Waals surface area contributed by atoms with Crippen LogP contribution in [-0.4, -0.2) is 20.3 Å². The average molecular weight is 404 g/mol. The molecule has 0 fully saturated rings. The number of hydrogen-bond acceptors (Lipinski definition) is 4. The lowest BCUT2D eigenvalue weighted by molar-refractivity contribution is 0.102. The van der Waals surface area contributed by atoms with Crippen molar-refractivity contribution in [3.63, 3.8) is 0 Å². The number of carbonyl (C=O) groups excluding carboxylic acids is 1. The minimum atomic E-state index is -0.427. The zero-order chi connectivity index (χ0) is 20.0. The van der Waals surface area contributed by atoms with Crippen molar-refractivity contribution in [2.45, 2.75) is 0 Å². The highest BCUT2D eigenvalue weighted by molar-refractivity contribution is 7.15. The molecule has 0 aliphatic rings. The maximum Gasteiger partial charge on any atom is 0.257 e. The van der Waals surface area contributed by atoms with Gasteiger partial charge in [0.15, 0.2) is 4.96 Å². The summed E-state index contributed by atoms with van der Waals surface area (Å²) < 4.78 is 15.1. The molecule has 5 rings (SSSR count). The van der Waals surface area contributed by atoms with Gasteiger partial charge in [0.25, 0.3) is 5.91 Å². The summed E-state index contributed by atoms with van der Waals surface area (Å²) in [6, 6.07) is 14.3. The van der Waals surface area contributed by atoms with Crippen molar-refractivity contribution in [2.24, 2.45) is 0 Å². The summed E-state index contributed by atoms with van der Waals surface area (Å²) in [6.07, 6.45) is 1.80. The first-order valence-corrected chi connectivity index (χ1v) is 9.63. The summed E-state index contributed by atoms with van der Waals surface area (Å²) in [6.45, 7) is 0. The van der Waals surface area contributed by atoms with Crippen molar-refractivity contribution in [3.8, 4) is 11.3 Å². The molecule has 0 saturated carbocycles. The van der Waals surface area contributed by atoms with E-state index >= 15 is 0 Å². The van der Waals surface area contributed by atoms with Crippen molar-refractivity contribution >= 4 is 38.9 Å². The molecule has 0 unspecified atom stereocenters. The maximum atomic E-state index is 13.3. The van der Waals surface area contributed by atoms with E-state index in [0.29, 0.717) is 32.9 Å². The predicted octanol–water partition coefficient (Wildman–Crippen LogP) is 4.30. The minimum absolute atomic E-state index is 0.264. The number of nitrogens with zero attached hydrogens (tertiary/aromatic N) is 2. The number of amides is 1. The van der Waals surface area contributed by atoms with Crippen LogP contribution in [0, 0.1) is 5.82 Å². The molecule has 1 amide bonds. The normalized spacial score (nSPS) is 11.2. The number of aromatic amines is 1. The number of H-pyrrole nitrogens is 1. The van der Waals surface area contributed by atoms with Crippen LogP contribution >= 0.6 is 11.3 Å². The number of pyridine rings is 1. The Morgan fingerprint density at radius 3 is 2.76 bits per heavy atom. The number of nitrogens with one attached hydrogen (secondary N) is 2. The molecule has 0 bridgehead atoms. The molecule has 142 valence electrons. The third-order valence-corrected chi connectivity index (χ3v) is 5.36. The van der Waals surface area contributed by atoms with E-state index in [4.69, 9.17) is 0 Å². The fourth-order valence-corrected chi connectivity index (χ4v) is 4.00. The van der Waals surface area contributed by atoms with Gasteiger partial charge in [0.1, 0.15) is 17.3 Å². The number of imidazole rings is 1. The third kappa shape index (κ3) is 2.99. The summed E-state index contributed by atoms with van der Waals surface area (Å²) in [5.74, 6) is -0.318. The second kappa shape index (κ2) is 6.68. The number of halogens is 1. The highest BCUT2D eigenvalue weighted by Gasteiger charge is 2.19. The monoisotopic (exact) mass is 404 g/mol. The molecule has 8 heteroatoms. The van der Waals surface area contributed by atoms with E-state index in [1.807, 2.05) is 5.38 Å². The lowest BCUT2D eigenvalue weighted by Crippen LogP contribution is -2.18. The van der Waals surface area contributed by atoms with Gasteiger partial charge in [0, 0.05) is 34.1 Å². The molecule has 5 aromatic rings. The Hall–Kier alpha value is -3.78. The Balaban J connectivity index is 1.63. The van der Waals surface area contributed by atoms with E-state index in [1.54, 1.807) is 47.0 Å². The van der Waals surface area contributed by atoms with Gasteiger partial charge >= 0.3 is 0 Å². The second-order valence-corrected chi connectivity index (χ2v) is 7.29. The van der Waals surface area contributed by atoms with Gasteiger partial charge in [-0.2, -0.15) is 0 Å². The number of anilines is 1. The fraction of sp³-hybridized carbons (Fsp3) is 0. The van der Waals surface area contributed by atoms with Gasteiger partial charge in [-0.25, -0.2) is 9.37 Å². The largest absolute Gasteiger partial charge is 0.322 e. The van der Waals surface area contributed by atoms with Crippen molar-refractivity contribution in [1.29, 1.82) is 0 Å². The van der Waals surface area contributed by atoms with Crippen LogP contribution < -0.4 is 10.9 Å². The Bertz CT molecular complexity index is 1430. The molecule has 2 aromatic carbocycles. The zero-order valence-corrected chi connectivity index (χ0v) is 15.7. The number of fused-ring (bicyclic) bond motifs is 2. The molecule has 0 saturated heterocycles. The van der Waals surface area contributed by atoms with Gasteiger partial charge in [-0.15, -0.1) is 11.3 Å². The third-order valence-electron chi connectivity index (χ3n) is 4.61. The highest BCUT2D eigenvalue weighted by Crippen LogP contribution is 2.31. The summed E-state index contributed by atoms with van der Waals surface area (Å²) in [4.78, 5) is 33.1. The van der Waals surface area contributed by atoms with Gasteiger partial charge < -0.3 is 10.3 Å². The predicted molar refractivity (Wildman–Crippen MR) is 111 cm³/mol. The Kier molecular flexibility index (Phi) is 3.99. The lowest BCUT2D eigenvalue weighted by Gasteiger charge is -2.09. The number of aromatic nitrogens is 3. The van der Waals surface area contributed by atoms with Crippen LogP contribution in [0.2, 0.25) is 0 Å². The van der Waals surface area contributed by atoms with E-state index in [1.165, 1.54) is 29.5 Å². The number of rotatable bonds is 3.